The Balaban J connectivity index is 1.94. The smallest absolute Gasteiger partial charge is 0.332 e. The van der Waals surface area contributed by atoms with E-state index in [2.05, 4.69) is 10.3 Å². The molecule has 0 saturated carbocycles. The van der Waals surface area contributed by atoms with Crippen molar-refractivity contribution in [3.63, 3.8) is 0 Å². The lowest BCUT2D eigenvalue weighted by Crippen LogP contribution is -2.37. The number of nitrogens with zero attached hydrogens (tertiary/aromatic N) is 3. The molecule has 0 fully saturated rings. The van der Waals surface area contributed by atoms with Gasteiger partial charge in [-0.05, 0) is 30.2 Å². The van der Waals surface area contributed by atoms with Gasteiger partial charge in [0, 0.05) is 20.3 Å². The van der Waals surface area contributed by atoms with Crippen molar-refractivity contribution in [2.24, 2.45) is 14.1 Å². The number of rotatable bonds is 5. The molecular formula is C20H22N4O4. The van der Waals surface area contributed by atoms with Gasteiger partial charge in [0.2, 0.25) is 0 Å². The Labute approximate surface area is 161 Å². The van der Waals surface area contributed by atoms with Gasteiger partial charge in [0.1, 0.15) is 11.4 Å². The molecule has 1 aromatic carbocycles. The lowest BCUT2D eigenvalue weighted by Gasteiger charge is -2.18. The molecule has 8 nitrogen and oxygen atoms in total. The van der Waals surface area contributed by atoms with E-state index in [4.69, 9.17) is 4.74 Å². The Morgan fingerprint density at radius 3 is 2.46 bits per heavy atom. The number of ether oxygens (including phenoxy) is 1. The highest BCUT2D eigenvalue weighted by Gasteiger charge is 2.17. The van der Waals surface area contributed by atoms with Crippen LogP contribution in [0.1, 0.15) is 35.3 Å². The van der Waals surface area contributed by atoms with E-state index in [0.29, 0.717) is 6.42 Å². The van der Waals surface area contributed by atoms with Crippen LogP contribution in [0, 0.1) is 0 Å². The van der Waals surface area contributed by atoms with Crippen molar-refractivity contribution in [1.82, 2.24) is 19.4 Å². The van der Waals surface area contributed by atoms with Gasteiger partial charge in [0.05, 0.1) is 24.1 Å². The number of amides is 1. The van der Waals surface area contributed by atoms with Crippen molar-refractivity contribution in [2.75, 3.05) is 7.11 Å². The van der Waals surface area contributed by atoms with Crippen molar-refractivity contribution in [2.45, 2.75) is 19.4 Å². The van der Waals surface area contributed by atoms with Crippen molar-refractivity contribution in [3.8, 4) is 5.75 Å². The zero-order valence-corrected chi connectivity index (χ0v) is 16.2. The van der Waals surface area contributed by atoms with Gasteiger partial charge >= 0.3 is 5.69 Å². The minimum Gasteiger partial charge on any atom is -0.497 e. The second-order valence-corrected chi connectivity index (χ2v) is 6.51. The lowest BCUT2D eigenvalue weighted by molar-refractivity contribution is 0.0935. The first-order chi connectivity index (χ1) is 13.4. The van der Waals surface area contributed by atoms with Crippen LogP contribution in [0.15, 0.2) is 46.1 Å². The van der Waals surface area contributed by atoms with Crippen LogP contribution in [0.5, 0.6) is 5.75 Å². The number of methoxy groups -OCH3 is 1. The van der Waals surface area contributed by atoms with E-state index >= 15 is 0 Å². The molecule has 1 amide bonds. The van der Waals surface area contributed by atoms with E-state index in [1.54, 1.807) is 7.11 Å². The number of nitrogens with one attached hydrogen (secondary N) is 1. The van der Waals surface area contributed by atoms with Gasteiger partial charge < -0.3 is 10.1 Å². The van der Waals surface area contributed by atoms with E-state index in [9.17, 15) is 14.4 Å². The number of fused-ring (bicyclic) bond motifs is 1. The van der Waals surface area contributed by atoms with E-state index in [0.717, 1.165) is 15.9 Å². The molecule has 3 rings (SSSR count). The van der Waals surface area contributed by atoms with E-state index in [1.165, 1.54) is 30.9 Å². The number of hydrogen-bond donors (Lipinski definition) is 1. The van der Waals surface area contributed by atoms with Gasteiger partial charge in [-0.15, -0.1) is 0 Å². The number of carbonyl (C=O) groups excluding carboxylic acids is 1. The third kappa shape index (κ3) is 3.40. The second kappa shape index (κ2) is 7.67. The number of benzene rings is 1. The van der Waals surface area contributed by atoms with Crippen molar-refractivity contribution < 1.29 is 9.53 Å². The highest BCUT2D eigenvalue weighted by Crippen LogP contribution is 2.20. The Morgan fingerprint density at radius 2 is 1.86 bits per heavy atom. The summed E-state index contributed by atoms with van der Waals surface area (Å²) in [5.74, 6) is 0.401. The Morgan fingerprint density at radius 1 is 1.18 bits per heavy atom. The Bertz CT molecular complexity index is 1150. The molecule has 0 aliphatic rings. The average Bonchev–Trinajstić information content (AvgIpc) is 2.74. The normalized spacial score (nSPS) is 12.0. The SMILES string of the molecule is CCC(NC(=O)c1cnc2c(c1)c(=O)n(C)c(=O)n2C)c1ccc(OC)cc1. The first-order valence-electron chi connectivity index (χ1n) is 8.88. The predicted molar refractivity (Wildman–Crippen MR) is 106 cm³/mol. The molecule has 0 bridgehead atoms. The van der Waals surface area contributed by atoms with Gasteiger partial charge in [-0.3, -0.25) is 18.7 Å². The molecule has 1 N–H and O–H groups in total. The van der Waals surface area contributed by atoms with Gasteiger partial charge in [-0.25, -0.2) is 9.78 Å². The third-order valence-electron chi connectivity index (χ3n) is 4.79. The molecule has 2 heterocycles. The van der Waals surface area contributed by atoms with Crippen LogP contribution < -0.4 is 21.3 Å². The van der Waals surface area contributed by atoms with Gasteiger partial charge in [-0.2, -0.15) is 0 Å². The highest BCUT2D eigenvalue weighted by atomic mass is 16.5. The fraction of sp³-hybridized carbons (Fsp3) is 0.300. The summed E-state index contributed by atoms with van der Waals surface area (Å²) >= 11 is 0. The van der Waals surface area contributed by atoms with Crippen LogP contribution in [0.2, 0.25) is 0 Å². The van der Waals surface area contributed by atoms with Crippen molar-refractivity contribution >= 4 is 16.9 Å². The first kappa shape index (κ1) is 19.3. The summed E-state index contributed by atoms with van der Waals surface area (Å²) in [7, 11) is 4.53. The van der Waals surface area contributed by atoms with Crippen LogP contribution in [0.3, 0.4) is 0 Å². The molecule has 0 radical (unpaired) electrons. The summed E-state index contributed by atoms with van der Waals surface area (Å²) in [5.41, 5.74) is 0.501. The van der Waals surface area contributed by atoms with Crippen LogP contribution in [0.25, 0.3) is 11.0 Å². The van der Waals surface area contributed by atoms with E-state index in [1.807, 2.05) is 31.2 Å². The summed E-state index contributed by atoms with van der Waals surface area (Å²) in [6.45, 7) is 1.97. The number of hydrogen-bond acceptors (Lipinski definition) is 5. The van der Waals surface area contributed by atoms with Crippen LogP contribution in [-0.4, -0.2) is 27.1 Å². The molecule has 8 heteroatoms. The fourth-order valence-corrected chi connectivity index (χ4v) is 3.09. The number of aryl methyl sites for hydroxylation is 1. The topological polar surface area (TPSA) is 95.2 Å². The maximum absolute atomic E-state index is 12.7. The van der Waals surface area contributed by atoms with Crippen LogP contribution in [-0.2, 0) is 14.1 Å². The van der Waals surface area contributed by atoms with Crippen molar-refractivity contribution in [3.05, 3.63) is 68.5 Å². The zero-order chi connectivity index (χ0) is 20.4. The number of pyridine rings is 1. The molecule has 146 valence electrons. The molecule has 1 unspecified atom stereocenters. The highest BCUT2D eigenvalue weighted by molar-refractivity contribution is 5.96. The summed E-state index contributed by atoms with van der Waals surface area (Å²) in [6, 6.07) is 8.75. The zero-order valence-electron chi connectivity index (χ0n) is 16.2. The molecule has 1 atom stereocenters. The van der Waals surface area contributed by atoms with Gasteiger partial charge in [-0.1, -0.05) is 19.1 Å². The maximum atomic E-state index is 12.7. The minimum atomic E-state index is -0.484. The van der Waals surface area contributed by atoms with Gasteiger partial charge in [0.25, 0.3) is 11.5 Å². The summed E-state index contributed by atoms with van der Waals surface area (Å²) < 4.78 is 7.44. The molecular weight excluding hydrogens is 360 g/mol. The molecule has 0 spiro atoms. The monoisotopic (exact) mass is 382 g/mol. The largest absolute Gasteiger partial charge is 0.497 e. The Hall–Kier alpha value is -3.42. The predicted octanol–water partition coefficient (Wildman–Crippen LogP) is 1.52. The third-order valence-corrected chi connectivity index (χ3v) is 4.79. The molecule has 28 heavy (non-hydrogen) atoms. The van der Waals surface area contributed by atoms with E-state index < -0.39 is 11.2 Å². The molecule has 0 saturated heterocycles. The molecule has 2 aromatic heterocycles. The lowest BCUT2D eigenvalue weighted by atomic mass is 10.0. The summed E-state index contributed by atoms with van der Waals surface area (Å²) in [6.07, 6.45) is 2.06. The molecule has 0 aliphatic heterocycles. The Kier molecular flexibility index (Phi) is 5.30. The maximum Gasteiger partial charge on any atom is 0.332 e. The standard InChI is InChI=1S/C20H22N4O4/c1-5-16(12-6-8-14(28-4)9-7-12)22-18(25)13-10-15-17(21-11-13)23(2)20(27)24(3)19(15)26/h6-11,16H,5H2,1-4H3,(H,22,25). The minimum absolute atomic E-state index is 0.197. The van der Waals surface area contributed by atoms with Gasteiger partial charge in [0.15, 0.2) is 0 Å². The summed E-state index contributed by atoms with van der Waals surface area (Å²) in [5, 5.41) is 3.18. The summed E-state index contributed by atoms with van der Waals surface area (Å²) in [4.78, 5) is 41.3. The quantitative estimate of drug-likeness (QED) is 0.722. The number of aromatic nitrogens is 3. The van der Waals surface area contributed by atoms with Crippen LogP contribution in [0.4, 0.5) is 0 Å². The fourth-order valence-electron chi connectivity index (χ4n) is 3.09. The molecule has 0 aliphatic carbocycles. The second-order valence-electron chi connectivity index (χ2n) is 6.51. The van der Waals surface area contributed by atoms with E-state index in [-0.39, 0.29) is 28.5 Å². The average molecular weight is 382 g/mol. The number of carbonyl (C=O) groups is 1. The first-order valence-corrected chi connectivity index (χ1v) is 8.88. The molecule has 3 aromatic rings. The van der Waals surface area contributed by atoms with Crippen LogP contribution >= 0.6 is 0 Å². The van der Waals surface area contributed by atoms with Crippen molar-refractivity contribution in [1.29, 1.82) is 0 Å².